The van der Waals surface area contributed by atoms with Gasteiger partial charge in [-0.05, 0) is 71.3 Å². The summed E-state index contributed by atoms with van der Waals surface area (Å²) in [4.78, 5) is 0. The van der Waals surface area contributed by atoms with Crippen molar-refractivity contribution in [3.8, 4) is 0 Å². The van der Waals surface area contributed by atoms with Crippen LogP contribution in [0.2, 0.25) is 0 Å². The van der Waals surface area contributed by atoms with Crippen molar-refractivity contribution in [2.75, 3.05) is 7.05 Å². The molecular formula is C38H75N. The third-order valence-electron chi connectivity index (χ3n) is 8.54. The molecular weight excluding hydrogens is 470 g/mol. The van der Waals surface area contributed by atoms with E-state index in [2.05, 4.69) is 50.5 Å². The van der Waals surface area contributed by atoms with Crippen molar-refractivity contribution in [2.24, 2.45) is 0 Å². The van der Waals surface area contributed by atoms with E-state index in [0.29, 0.717) is 0 Å². The fraction of sp³-hybridized carbons (Fsp3) is 0.895. The van der Waals surface area contributed by atoms with Crippen LogP contribution in [0, 0.1) is 0 Å². The molecule has 1 N–H and O–H groups in total. The van der Waals surface area contributed by atoms with Gasteiger partial charge in [0.1, 0.15) is 0 Å². The van der Waals surface area contributed by atoms with Crippen molar-refractivity contribution in [1.29, 1.82) is 0 Å². The molecule has 0 unspecified atom stereocenters. The molecule has 0 fully saturated rings. The first-order valence-electron chi connectivity index (χ1n) is 18.3. The van der Waals surface area contributed by atoms with Gasteiger partial charge in [0.05, 0.1) is 0 Å². The molecule has 0 aliphatic carbocycles. The van der Waals surface area contributed by atoms with E-state index >= 15 is 0 Å². The fourth-order valence-corrected chi connectivity index (χ4v) is 5.71. The molecule has 0 saturated carbocycles. The van der Waals surface area contributed by atoms with Crippen LogP contribution in [-0.2, 0) is 0 Å². The maximum atomic E-state index is 3.59. The number of rotatable bonds is 33. The Kier molecular flexibility index (Phi) is 35.0. The van der Waals surface area contributed by atoms with Crippen molar-refractivity contribution in [3.05, 3.63) is 24.3 Å². The Labute approximate surface area is 248 Å². The molecule has 0 atom stereocenters. The summed E-state index contributed by atoms with van der Waals surface area (Å²) in [6.07, 6.45) is 51.7. The van der Waals surface area contributed by atoms with Gasteiger partial charge in [0, 0.05) is 6.04 Å². The second-order valence-electron chi connectivity index (χ2n) is 12.4. The quantitative estimate of drug-likeness (QED) is 0.0638. The van der Waals surface area contributed by atoms with Crippen molar-refractivity contribution >= 4 is 0 Å². The zero-order valence-electron chi connectivity index (χ0n) is 27.6. The van der Waals surface area contributed by atoms with Crippen molar-refractivity contribution in [3.63, 3.8) is 0 Å². The molecule has 0 bridgehead atoms. The summed E-state index contributed by atoms with van der Waals surface area (Å²) in [6.45, 7) is 4.59. The SMILES string of the molecule is CCCCCCCCC=CCCCCCCCCC(CCCCCCCCC=CCCCCCCCC)NC. The van der Waals surface area contributed by atoms with Crippen LogP contribution in [0.15, 0.2) is 24.3 Å². The molecule has 1 heteroatoms. The lowest BCUT2D eigenvalue weighted by Crippen LogP contribution is -2.24. The zero-order valence-corrected chi connectivity index (χ0v) is 27.6. The minimum Gasteiger partial charge on any atom is -0.317 e. The van der Waals surface area contributed by atoms with E-state index in [1.807, 2.05) is 0 Å². The predicted molar refractivity (Wildman–Crippen MR) is 181 cm³/mol. The van der Waals surface area contributed by atoms with Crippen molar-refractivity contribution in [2.45, 2.75) is 213 Å². The minimum absolute atomic E-state index is 0.749. The van der Waals surface area contributed by atoms with Crippen molar-refractivity contribution < 1.29 is 0 Å². The van der Waals surface area contributed by atoms with Gasteiger partial charge >= 0.3 is 0 Å². The first kappa shape index (κ1) is 38.4. The van der Waals surface area contributed by atoms with Gasteiger partial charge in [-0.25, -0.2) is 0 Å². The number of allylic oxidation sites excluding steroid dienone is 4. The van der Waals surface area contributed by atoms with Gasteiger partial charge in [0.2, 0.25) is 0 Å². The highest BCUT2D eigenvalue weighted by atomic mass is 14.9. The maximum Gasteiger partial charge on any atom is 0.00640 e. The first-order chi connectivity index (χ1) is 19.3. The lowest BCUT2D eigenvalue weighted by molar-refractivity contribution is 0.435. The Balaban J connectivity index is 3.34. The van der Waals surface area contributed by atoms with E-state index in [1.165, 1.54) is 193 Å². The van der Waals surface area contributed by atoms with Crippen molar-refractivity contribution in [1.82, 2.24) is 5.32 Å². The molecule has 0 amide bonds. The molecule has 0 aliphatic heterocycles. The smallest absolute Gasteiger partial charge is 0.00640 e. The third-order valence-corrected chi connectivity index (χ3v) is 8.54. The zero-order chi connectivity index (χ0) is 28.3. The monoisotopic (exact) mass is 546 g/mol. The summed E-state index contributed by atoms with van der Waals surface area (Å²) in [5.74, 6) is 0. The summed E-state index contributed by atoms with van der Waals surface area (Å²) in [7, 11) is 2.17. The number of nitrogens with one attached hydrogen (secondary N) is 1. The Hall–Kier alpha value is -0.560. The summed E-state index contributed by atoms with van der Waals surface area (Å²) in [6, 6.07) is 0.749. The second kappa shape index (κ2) is 35.5. The number of unbranched alkanes of at least 4 members (excludes halogenated alkanes) is 24. The summed E-state index contributed by atoms with van der Waals surface area (Å²) >= 11 is 0. The fourth-order valence-electron chi connectivity index (χ4n) is 5.71. The third kappa shape index (κ3) is 33.5. The van der Waals surface area contributed by atoms with Crippen LogP contribution in [0.25, 0.3) is 0 Å². The molecule has 0 radical (unpaired) electrons. The topological polar surface area (TPSA) is 12.0 Å². The molecule has 232 valence electrons. The highest BCUT2D eigenvalue weighted by Crippen LogP contribution is 2.15. The standard InChI is InChI=1S/C38H75N/c1-4-6-8-10-12-14-16-18-20-22-24-26-28-30-32-34-36-38(39-3)37-35-33-31-29-27-25-23-21-19-17-15-13-11-9-7-5-2/h18-21,38-39H,4-17,22-37H2,1-3H3. The summed E-state index contributed by atoms with van der Waals surface area (Å²) in [5, 5.41) is 3.59. The van der Waals surface area contributed by atoms with Gasteiger partial charge in [-0.2, -0.15) is 0 Å². The van der Waals surface area contributed by atoms with E-state index in [9.17, 15) is 0 Å². The maximum absolute atomic E-state index is 3.59. The Morgan fingerprint density at radius 2 is 0.615 bits per heavy atom. The highest BCUT2D eigenvalue weighted by molar-refractivity contribution is 4.82. The molecule has 0 aromatic rings. The summed E-state index contributed by atoms with van der Waals surface area (Å²) < 4.78 is 0. The van der Waals surface area contributed by atoms with E-state index in [-0.39, 0.29) is 0 Å². The number of hydrogen-bond acceptors (Lipinski definition) is 1. The van der Waals surface area contributed by atoms with Gasteiger partial charge in [-0.1, -0.05) is 167 Å². The largest absolute Gasteiger partial charge is 0.317 e. The summed E-state index contributed by atoms with van der Waals surface area (Å²) in [5.41, 5.74) is 0. The molecule has 0 spiro atoms. The molecule has 0 aromatic carbocycles. The highest BCUT2D eigenvalue weighted by Gasteiger charge is 2.05. The number of hydrogen-bond donors (Lipinski definition) is 1. The molecule has 0 heterocycles. The Morgan fingerprint density at radius 3 is 0.897 bits per heavy atom. The van der Waals surface area contributed by atoms with Crippen LogP contribution < -0.4 is 5.32 Å². The Morgan fingerprint density at radius 1 is 0.359 bits per heavy atom. The average molecular weight is 546 g/mol. The molecule has 1 nitrogen and oxygen atoms in total. The van der Waals surface area contributed by atoms with Crippen LogP contribution in [0.3, 0.4) is 0 Å². The van der Waals surface area contributed by atoms with Crippen LogP contribution in [0.4, 0.5) is 0 Å². The van der Waals surface area contributed by atoms with E-state index in [1.54, 1.807) is 0 Å². The van der Waals surface area contributed by atoms with E-state index in [0.717, 1.165) is 6.04 Å². The molecule has 0 rings (SSSR count). The van der Waals surface area contributed by atoms with Gasteiger partial charge in [-0.3, -0.25) is 0 Å². The molecule has 39 heavy (non-hydrogen) atoms. The van der Waals surface area contributed by atoms with Gasteiger partial charge in [-0.15, -0.1) is 0 Å². The van der Waals surface area contributed by atoms with Crippen LogP contribution >= 0.6 is 0 Å². The lowest BCUT2D eigenvalue weighted by atomic mass is 10.00. The van der Waals surface area contributed by atoms with E-state index in [4.69, 9.17) is 0 Å². The predicted octanol–water partition coefficient (Wildman–Crippen LogP) is 13.4. The van der Waals surface area contributed by atoms with Gasteiger partial charge < -0.3 is 5.32 Å². The molecule has 0 aromatic heterocycles. The first-order valence-corrected chi connectivity index (χ1v) is 18.3. The average Bonchev–Trinajstić information content (AvgIpc) is 2.95. The lowest BCUT2D eigenvalue weighted by Gasteiger charge is -2.16. The normalized spacial score (nSPS) is 12.8. The van der Waals surface area contributed by atoms with Crippen LogP contribution in [-0.4, -0.2) is 13.1 Å². The van der Waals surface area contributed by atoms with Gasteiger partial charge in [0.25, 0.3) is 0 Å². The van der Waals surface area contributed by atoms with Crippen LogP contribution in [0.5, 0.6) is 0 Å². The van der Waals surface area contributed by atoms with E-state index < -0.39 is 0 Å². The molecule has 0 saturated heterocycles. The van der Waals surface area contributed by atoms with Gasteiger partial charge in [0.15, 0.2) is 0 Å². The second-order valence-corrected chi connectivity index (χ2v) is 12.4. The van der Waals surface area contributed by atoms with Crippen LogP contribution in [0.1, 0.15) is 206 Å². The Bertz CT molecular complexity index is 437. The molecule has 0 aliphatic rings. The minimum atomic E-state index is 0.749.